The molecule has 0 atom stereocenters. The summed E-state index contributed by atoms with van der Waals surface area (Å²) in [6.45, 7) is 3.06. The molecule has 0 aliphatic carbocycles. The van der Waals surface area contributed by atoms with Gasteiger partial charge in [0.15, 0.2) is 0 Å². The molecule has 0 N–H and O–H groups in total. The zero-order valence-electron chi connectivity index (χ0n) is 16.6. The molecular weight excluding hydrogens is 357 g/mol. The van der Waals surface area contributed by atoms with Gasteiger partial charge in [-0.1, -0.05) is 85.0 Å². The van der Waals surface area contributed by atoms with Gasteiger partial charge in [-0.3, -0.25) is 4.90 Å². The summed E-state index contributed by atoms with van der Waals surface area (Å²) in [5.41, 5.74) is 6.38. The Hall–Kier alpha value is -2.97. The van der Waals surface area contributed by atoms with E-state index in [0.29, 0.717) is 0 Å². The van der Waals surface area contributed by atoms with Gasteiger partial charge in [0, 0.05) is 19.6 Å². The molecule has 0 saturated carbocycles. The smallest absolute Gasteiger partial charge is 0.123 e. The summed E-state index contributed by atoms with van der Waals surface area (Å²) >= 11 is 0. The maximum Gasteiger partial charge on any atom is 0.123 e. The van der Waals surface area contributed by atoms with Crippen LogP contribution >= 0.6 is 0 Å². The molecule has 1 nitrogen and oxygen atoms in total. The van der Waals surface area contributed by atoms with Gasteiger partial charge in [0.25, 0.3) is 0 Å². The number of benzene rings is 3. The van der Waals surface area contributed by atoms with Crippen LogP contribution in [0.25, 0.3) is 11.6 Å². The second-order valence-corrected chi connectivity index (χ2v) is 7.55. The largest absolute Gasteiger partial charge is 0.296 e. The van der Waals surface area contributed by atoms with Crippen LogP contribution in [-0.2, 0) is 6.42 Å². The quantitative estimate of drug-likeness (QED) is 0.488. The first-order valence-corrected chi connectivity index (χ1v) is 10.2. The third-order valence-electron chi connectivity index (χ3n) is 5.41. The zero-order valence-corrected chi connectivity index (χ0v) is 16.6. The maximum atomic E-state index is 13.0. The van der Waals surface area contributed by atoms with E-state index in [4.69, 9.17) is 0 Å². The summed E-state index contributed by atoms with van der Waals surface area (Å²) < 4.78 is 13.0. The molecule has 29 heavy (non-hydrogen) atoms. The maximum absolute atomic E-state index is 13.0. The molecule has 0 unspecified atom stereocenters. The Morgan fingerprint density at radius 2 is 1.52 bits per heavy atom. The van der Waals surface area contributed by atoms with E-state index in [9.17, 15) is 4.39 Å². The van der Waals surface area contributed by atoms with Crippen molar-refractivity contribution in [3.8, 4) is 0 Å². The molecule has 0 fully saturated rings. The monoisotopic (exact) mass is 383 g/mol. The van der Waals surface area contributed by atoms with Crippen LogP contribution in [0.3, 0.4) is 0 Å². The van der Waals surface area contributed by atoms with Crippen molar-refractivity contribution in [3.63, 3.8) is 0 Å². The molecule has 0 spiro atoms. The van der Waals surface area contributed by atoms with Crippen molar-refractivity contribution in [2.75, 3.05) is 19.6 Å². The molecule has 1 aliphatic heterocycles. The SMILES string of the molecule is Fc1ccc(Cc2ccc(C3=CCN(C/C=C/c4ccccc4)CC3)cc2)cc1. The molecular formula is C27H26FN. The van der Waals surface area contributed by atoms with Crippen LogP contribution in [0, 0.1) is 5.82 Å². The summed E-state index contributed by atoms with van der Waals surface area (Å²) in [5, 5.41) is 0. The molecule has 0 radical (unpaired) electrons. The molecule has 3 aromatic carbocycles. The molecule has 146 valence electrons. The predicted octanol–water partition coefficient (Wildman–Crippen LogP) is 6.22. The van der Waals surface area contributed by atoms with Crippen molar-refractivity contribution >= 4 is 11.6 Å². The molecule has 1 heterocycles. The minimum absolute atomic E-state index is 0.182. The number of rotatable bonds is 6. The third-order valence-corrected chi connectivity index (χ3v) is 5.41. The fourth-order valence-electron chi connectivity index (χ4n) is 3.72. The Balaban J connectivity index is 1.31. The van der Waals surface area contributed by atoms with Gasteiger partial charge in [-0.2, -0.15) is 0 Å². The zero-order chi connectivity index (χ0) is 19.9. The minimum atomic E-state index is -0.182. The second kappa shape index (κ2) is 9.49. The van der Waals surface area contributed by atoms with Crippen LogP contribution in [0.15, 0.2) is 91.0 Å². The molecule has 2 heteroatoms. The summed E-state index contributed by atoms with van der Waals surface area (Å²) in [6, 6.07) is 26.0. The van der Waals surface area contributed by atoms with Crippen molar-refractivity contribution in [2.24, 2.45) is 0 Å². The summed E-state index contributed by atoms with van der Waals surface area (Å²) in [4.78, 5) is 2.46. The molecule has 0 saturated heterocycles. The fraction of sp³-hybridized carbons (Fsp3) is 0.185. The van der Waals surface area contributed by atoms with Crippen molar-refractivity contribution < 1.29 is 4.39 Å². The topological polar surface area (TPSA) is 3.24 Å². The van der Waals surface area contributed by atoms with Crippen LogP contribution in [0.5, 0.6) is 0 Å². The number of hydrogen-bond acceptors (Lipinski definition) is 1. The Kier molecular flexibility index (Phi) is 6.33. The standard InChI is InChI=1S/C27H26FN/c28-27-14-10-24(11-15-27)21-23-8-12-25(13-9-23)26-16-19-29(20-17-26)18-4-7-22-5-2-1-3-6-22/h1-16H,17-21H2/b7-4+. The first-order chi connectivity index (χ1) is 14.3. The highest BCUT2D eigenvalue weighted by molar-refractivity contribution is 5.66. The first kappa shape index (κ1) is 19.4. The highest BCUT2D eigenvalue weighted by Crippen LogP contribution is 2.23. The number of hydrogen-bond donors (Lipinski definition) is 0. The number of halogens is 1. The Morgan fingerprint density at radius 3 is 2.17 bits per heavy atom. The lowest BCUT2D eigenvalue weighted by Gasteiger charge is -2.25. The highest BCUT2D eigenvalue weighted by Gasteiger charge is 2.11. The molecule has 0 amide bonds. The van der Waals surface area contributed by atoms with Crippen molar-refractivity contribution in [3.05, 3.63) is 119 Å². The van der Waals surface area contributed by atoms with E-state index < -0.39 is 0 Å². The van der Waals surface area contributed by atoms with Gasteiger partial charge in [0.2, 0.25) is 0 Å². The lowest BCUT2D eigenvalue weighted by atomic mass is 9.97. The molecule has 0 aromatic heterocycles. The van der Waals surface area contributed by atoms with Crippen LogP contribution < -0.4 is 0 Å². The highest BCUT2D eigenvalue weighted by atomic mass is 19.1. The predicted molar refractivity (Wildman–Crippen MR) is 120 cm³/mol. The van der Waals surface area contributed by atoms with E-state index in [2.05, 4.69) is 71.7 Å². The summed E-state index contributed by atoms with van der Waals surface area (Å²) in [6.07, 6.45) is 8.71. The van der Waals surface area contributed by atoms with Gasteiger partial charge in [0.1, 0.15) is 5.82 Å². The van der Waals surface area contributed by atoms with E-state index >= 15 is 0 Å². The van der Waals surface area contributed by atoms with E-state index in [1.165, 1.54) is 34.4 Å². The number of nitrogens with zero attached hydrogens (tertiary/aromatic N) is 1. The molecule has 1 aliphatic rings. The van der Waals surface area contributed by atoms with Crippen molar-refractivity contribution in [1.82, 2.24) is 4.90 Å². The van der Waals surface area contributed by atoms with Crippen LogP contribution in [0.2, 0.25) is 0 Å². The average Bonchev–Trinajstić information content (AvgIpc) is 2.77. The first-order valence-electron chi connectivity index (χ1n) is 10.2. The Morgan fingerprint density at radius 1 is 0.828 bits per heavy atom. The van der Waals surface area contributed by atoms with Crippen LogP contribution in [-0.4, -0.2) is 24.5 Å². The molecule has 3 aromatic rings. The van der Waals surface area contributed by atoms with Crippen LogP contribution in [0.4, 0.5) is 4.39 Å². The normalized spacial score (nSPS) is 14.9. The molecule has 4 rings (SSSR count). The van der Waals surface area contributed by atoms with Gasteiger partial charge >= 0.3 is 0 Å². The van der Waals surface area contributed by atoms with E-state index in [-0.39, 0.29) is 5.82 Å². The second-order valence-electron chi connectivity index (χ2n) is 7.55. The summed E-state index contributed by atoms with van der Waals surface area (Å²) in [5.74, 6) is -0.182. The fourth-order valence-corrected chi connectivity index (χ4v) is 3.72. The van der Waals surface area contributed by atoms with Gasteiger partial charge in [-0.05, 0) is 52.8 Å². The van der Waals surface area contributed by atoms with E-state index in [1.807, 2.05) is 18.2 Å². The van der Waals surface area contributed by atoms with Gasteiger partial charge in [-0.25, -0.2) is 4.39 Å². The van der Waals surface area contributed by atoms with Crippen molar-refractivity contribution in [1.29, 1.82) is 0 Å². The van der Waals surface area contributed by atoms with E-state index in [0.717, 1.165) is 38.0 Å². The van der Waals surface area contributed by atoms with Crippen molar-refractivity contribution in [2.45, 2.75) is 12.8 Å². The lowest BCUT2D eigenvalue weighted by Crippen LogP contribution is -2.28. The van der Waals surface area contributed by atoms with Gasteiger partial charge in [-0.15, -0.1) is 0 Å². The van der Waals surface area contributed by atoms with Crippen LogP contribution in [0.1, 0.15) is 28.7 Å². The van der Waals surface area contributed by atoms with Gasteiger partial charge in [0.05, 0.1) is 0 Å². The van der Waals surface area contributed by atoms with E-state index in [1.54, 1.807) is 0 Å². The molecule has 0 bridgehead atoms. The average molecular weight is 384 g/mol. The Labute approximate surface area is 172 Å². The summed E-state index contributed by atoms with van der Waals surface area (Å²) in [7, 11) is 0. The van der Waals surface area contributed by atoms with Gasteiger partial charge < -0.3 is 0 Å². The minimum Gasteiger partial charge on any atom is -0.296 e. The Bertz CT molecular complexity index is 969. The third kappa shape index (κ3) is 5.52. The lowest BCUT2D eigenvalue weighted by molar-refractivity contribution is 0.335.